The number of anilines is 1. The van der Waals surface area contributed by atoms with Gasteiger partial charge in [-0.25, -0.2) is 0 Å². The highest BCUT2D eigenvalue weighted by atomic mass is 16.6. The molecule has 1 aromatic carbocycles. The molecule has 2 heterocycles. The van der Waals surface area contributed by atoms with Gasteiger partial charge in [-0.1, -0.05) is 0 Å². The van der Waals surface area contributed by atoms with Gasteiger partial charge in [0.2, 0.25) is 11.8 Å². The summed E-state index contributed by atoms with van der Waals surface area (Å²) >= 11 is 0. The van der Waals surface area contributed by atoms with Crippen molar-refractivity contribution >= 4 is 17.5 Å². The van der Waals surface area contributed by atoms with Crippen molar-refractivity contribution < 1.29 is 19.1 Å². The van der Waals surface area contributed by atoms with Crippen LogP contribution in [0.3, 0.4) is 0 Å². The van der Waals surface area contributed by atoms with Crippen molar-refractivity contribution in [3.05, 3.63) is 18.2 Å². The zero-order valence-corrected chi connectivity index (χ0v) is 14.2. The number of rotatable bonds is 4. The van der Waals surface area contributed by atoms with Crippen LogP contribution in [-0.2, 0) is 9.59 Å². The van der Waals surface area contributed by atoms with E-state index in [4.69, 9.17) is 9.47 Å². The average Bonchev–Trinajstić information content (AvgIpc) is 3.47. The second-order valence-corrected chi connectivity index (χ2v) is 6.78. The Hall–Kier alpha value is -2.28. The first-order chi connectivity index (χ1) is 12.2. The molecule has 25 heavy (non-hydrogen) atoms. The van der Waals surface area contributed by atoms with E-state index in [0.29, 0.717) is 55.9 Å². The van der Waals surface area contributed by atoms with Crippen LogP contribution in [0.1, 0.15) is 12.8 Å². The summed E-state index contributed by atoms with van der Waals surface area (Å²) in [6.07, 6.45) is 2.08. The topological polar surface area (TPSA) is 71.1 Å². The van der Waals surface area contributed by atoms with Crippen LogP contribution < -0.4 is 14.8 Å². The molecule has 1 aliphatic carbocycles. The first kappa shape index (κ1) is 16.2. The first-order valence-corrected chi connectivity index (χ1v) is 8.90. The number of nitrogens with one attached hydrogen (secondary N) is 1. The van der Waals surface area contributed by atoms with Crippen molar-refractivity contribution in [1.82, 2.24) is 9.80 Å². The Balaban J connectivity index is 1.26. The van der Waals surface area contributed by atoms with E-state index < -0.39 is 0 Å². The quantitative estimate of drug-likeness (QED) is 0.880. The fourth-order valence-electron chi connectivity index (χ4n) is 3.24. The van der Waals surface area contributed by atoms with Gasteiger partial charge in [-0.15, -0.1) is 0 Å². The minimum atomic E-state index is -0.0568. The Labute approximate surface area is 146 Å². The molecule has 0 atom stereocenters. The molecule has 1 N–H and O–H groups in total. The Morgan fingerprint density at radius 1 is 1.04 bits per heavy atom. The summed E-state index contributed by atoms with van der Waals surface area (Å²) in [5.74, 6) is 1.88. The van der Waals surface area contributed by atoms with Crippen LogP contribution in [0.25, 0.3) is 0 Å². The number of piperazine rings is 1. The van der Waals surface area contributed by atoms with Gasteiger partial charge < -0.3 is 19.7 Å². The van der Waals surface area contributed by atoms with Gasteiger partial charge in [-0.2, -0.15) is 0 Å². The number of hydrogen-bond donors (Lipinski definition) is 1. The van der Waals surface area contributed by atoms with Gasteiger partial charge in [0.05, 0.1) is 6.54 Å². The molecule has 0 aromatic heterocycles. The van der Waals surface area contributed by atoms with Crippen molar-refractivity contribution in [2.45, 2.75) is 12.8 Å². The summed E-state index contributed by atoms with van der Waals surface area (Å²) in [6, 6.07) is 5.42. The maximum atomic E-state index is 12.3. The van der Waals surface area contributed by atoms with Crippen LogP contribution in [0.2, 0.25) is 0 Å². The molecule has 2 fully saturated rings. The molecular formula is C18H23N3O4. The third kappa shape index (κ3) is 3.87. The maximum absolute atomic E-state index is 12.3. The number of carbonyl (C=O) groups is 2. The van der Waals surface area contributed by atoms with Gasteiger partial charge in [0.25, 0.3) is 0 Å². The number of hydrogen-bond acceptors (Lipinski definition) is 5. The standard InChI is InChI=1S/C18H23N3O4/c22-17(19-14-3-4-15-16(11-14)25-10-9-24-15)12-20-5-7-21(8-6-20)18(23)13-1-2-13/h3-4,11,13H,1-2,5-10,12H2,(H,19,22). The van der Waals surface area contributed by atoms with Gasteiger partial charge in [0.15, 0.2) is 11.5 Å². The van der Waals surface area contributed by atoms with Crippen LogP contribution in [0.5, 0.6) is 11.5 Å². The fourth-order valence-corrected chi connectivity index (χ4v) is 3.24. The SMILES string of the molecule is O=C(CN1CCN(C(=O)C2CC2)CC1)Nc1ccc2c(c1)OCCO2. The zero-order valence-electron chi connectivity index (χ0n) is 14.2. The molecule has 2 aliphatic heterocycles. The summed E-state index contributed by atoms with van der Waals surface area (Å²) in [4.78, 5) is 28.4. The number of carbonyl (C=O) groups excluding carboxylic acids is 2. The molecular weight excluding hydrogens is 322 g/mol. The van der Waals surface area contributed by atoms with Gasteiger partial charge in [0.1, 0.15) is 13.2 Å². The maximum Gasteiger partial charge on any atom is 0.238 e. The Bertz CT molecular complexity index is 666. The van der Waals surface area contributed by atoms with Crippen LogP contribution in [0.15, 0.2) is 18.2 Å². The third-order valence-corrected chi connectivity index (χ3v) is 4.80. The van der Waals surface area contributed by atoms with Crippen LogP contribution in [-0.4, -0.2) is 67.6 Å². The number of fused-ring (bicyclic) bond motifs is 1. The number of nitrogens with zero attached hydrogens (tertiary/aromatic N) is 2. The molecule has 1 saturated carbocycles. The molecule has 0 unspecified atom stereocenters. The van der Waals surface area contributed by atoms with Crippen LogP contribution in [0.4, 0.5) is 5.69 Å². The lowest BCUT2D eigenvalue weighted by Gasteiger charge is -2.34. The molecule has 0 bridgehead atoms. The lowest BCUT2D eigenvalue weighted by molar-refractivity contribution is -0.134. The van der Waals surface area contributed by atoms with E-state index in [1.54, 1.807) is 6.07 Å². The summed E-state index contributed by atoms with van der Waals surface area (Å²) in [5, 5.41) is 2.90. The number of ether oxygens (including phenoxy) is 2. The summed E-state index contributed by atoms with van der Waals surface area (Å²) in [7, 11) is 0. The highest BCUT2D eigenvalue weighted by molar-refractivity contribution is 5.92. The van der Waals surface area contributed by atoms with Gasteiger partial charge in [-0.3, -0.25) is 14.5 Å². The minimum absolute atomic E-state index is 0.0568. The van der Waals surface area contributed by atoms with Crippen molar-refractivity contribution in [3.63, 3.8) is 0 Å². The van der Waals surface area contributed by atoms with Crippen molar-refractivity contribution in [2.24, 2.45) is 5.92 Å². The third-order valence-electron chi connectivity index (χ3n) is 4.80. The molecule has 2 amide bonds. The van der Waals surface area contributed by atoms with Crippen molar-refractivity contribution in [3.8, 4) is 11.5 Å². The minimum Gasteiger partial charge on any atom is -0.486 e. The highest BCUT2D eigenvalue weighted by Gasteiger charge is 2.34. The molecule has 4 rings (SSSR count). The van der Waals surface area contributed by atoms with E-state index in [0.717, 1.165) is 25.9 Å². The predicted molar refractivity (Wildman–Crippen MR) is 91.8 cm³/mol. The fraction of sp³-hybridized carbons (Fsp3) is 0.556. The molecule has 3 aliphatic rings. The van der Waals surface area contributed by atoms with E-state index in [1.165, 1.54) is 0 Å². The van der Waals surface area contributed by atoms with E-state index in [9.17, 15) is 9.59 Å². The summed E-state index contributed by atoms with van der Waals surface area (Å²) in [5.41, 5.74) is 0.705. The lowest BCUT2D eigenvalue weighted by Crippen LogP contribution is -2.50. The Morgan fingerprint density at radius 2 is 1.76 bits per heavy atom. The molecule has 0 spiro atoms. The zero-order chi connectivity index (χ0) is 17.2. The lowest BCUT2D eigenvalue weighted by atomic mass is 10.2. The van der Waals surface area contributed by atoms with Crippen molar-refractivity contribution in [1.29, 1.82) is 0 Å². The molecule has 0 radical (unpaired) electrons. The van der Waals surface area contributed by atoms with Gasteiger partial charge >= 0.3 is 0 Å². The monoisotopic (exact) mass is 345 g/mol. The van der Waals surface area contributed by atoms with E-state index in [2.05, 4.69) is 10.2 Å². The Morgan fingerprint density at radius 3 is 2.48 bits per heavy atom. The number of amides is 2. The van der Waals surface area contributed by atoms with Crippen LogP contribution in [0, 0.1) is 5.92 Å². The molecule has 1 aromatic rings. The summed E-state index contributed by atoms with van der Waals surface area (Å²) < 4.78 is 11.0. The Kier molecular flexibility index (Phi) is 4.48. The van der Waals surface area contributed by atoms with E-state index in [1.807, 2.05) is 17.0 Å². The van der Waals surface area contributed by atoms with E-state index in [-0.39, 0.29) is 11.8 Å². The van der Waals surface area contributed by atoms with E-state index >= 15 is 0 Å². The predicted octanol–water partition coefficient (Wildman–Crippen LogP) is 0.950. The molecule has 7 nitrogen and oxygen atoms in total. The second kappa shape index (κ2) is 6.92. The first-order valence-electron chi connectivity index (χ1n) is 8.90. The van der Waals surface area contributed by atoms with Gasteiger partial charge in [-0.05, 0) is 25.0 Å². The van der Waals surface area contributed by atoms with Gasteiger partial charge in [0, 0.05) is 43.9 Å². The van der Waals surface area contributed by atoms with Crippen molar-refractivity contribution in [2.75, 3.05) is 51.3 Å². The molecule has 134 valence electrons. The normalized spacial score (nSPS) is 20.2. The molecule has 7 heteroatoms. The number of benzene rings is 1. The largest absolute Gasteiger partial charge is 0.486 e. The average molecular weight is 345 g/mol. The second-order valence-electron chi connectivity index (χ2n) is 6.78. The van der Waals surface area contributed by atoms with Crippen LogP contribution >= 0.6 is 0 Å². The summed E-state index contributed by atoms with van der Waals surface area (Å²) in [6.45, 7) is 4.32. The highest BCUT2D eigenvalue weighted by Crippen LogP contribution is 2.33. The smallest absolute Gasteiger partial charge is 0.238 e. The molecule has 1 saturated heterocycles.